The van der Waals surface area contributed by atoms with E-state index in [4.69, 9.17) is 22.7 Å². The van der Waals surface area contributed by atoms with Crippen molar-refractivity contribution < 1.29 is 5.11 Å². The average Bonchev–Trinajstić information content (AvgIpc) is 2.89. The molecule has 190 valence electrons. The van der Waals surface area contributed by atoms with E-state index >= 15 is 0 Å². The van der Waals surface area contributed by atoms with E-state index in [1.807, 2.05) is 50.2 Å². The number of nitrogen functional groups attached to an aromatic ring is 1. The molecule has 0 aliphatic carbocycles. The first-order valence-corrected chi connectivity index (χ1v) is 12.1. The number of anilines is 2. The lowest BCUT2D eigenvalue weighted by atomic mass is 10.0. The van der Waals surface area contributed by atoms with Gasteiger partial charge in [-0.2, -0.15) is 0 Å². The van der Waals surface area contributed by atoms with Gasteiger partial charge in [-0.15, -0.1) is 0 Å². The number of phenolic OH excluding ortho intramolecular Hbond substituents is 1. The molecule has 3 aromatic heterocycles. The molecule has 0 bridgehead atoms. The second-order valence-electron chi connectivity index (χ2n) is 8.84. The summed E-state index contributed by atoms with van der Waals surface area (Å²) in [5.41, 5.74) is 9.01. The summed E-state index contributed by atoms with van der Waals surface area (Å²) >= 11 is 5.94. The zero-order valence-corrected chi connectivity index (χ0v) is 21.4. The van der Waals surface area contributed by atoms with Crippen LogP contribution in [0, 0.1) is 19.3 Å². The highest BCUT2D eigenvalue weighted by atomic mass is 35.5. The Morgan fingerprint density at radius 2 is 1.87 bits per heavy atom. The Labute approximate surface area is 223 Å². The van der Waals surface area contributed by atoms with Crippen molar-refractivity contribution in [2.24, 2.45) is 0 Å². The van der Waals surface area contributed by atoms with Crippen LogP contribution in [-0.2, 0) is 6.54 Å². The first-order chi connectivity index (χ1) is 18.3. The number of halogens is 1. The summed E-state index contributed by atoms with van der Waals surface area (Å²) in [6.07, 6.45) is 2.95. The number of hydrogen-bond donors (Lipinski definition) is 4. The fraction of sp³-hybridized carbons (Fsp3) is 0.107. The Bertz CT molecular complexity index is 1780. The maximum absolute atomic E-state index is 13.8. The lowest BCUT2D eigenvalue weighted by molar-refractivity contribution is 0.475. The molecule has 0 amide bonds. The second-order valence-corrected chi connectivity index (χ2v) is 9.24. The minimum absolute atomic E-state index is 0.00432. The number of pyridine rings is 2. The normalized spacial score (nSPS) is 11.0. The summed E-state index contributed by atoms with van der Waals surface area (Å²) in [7, 11) is 0. The van der Waals surface area contributed by atoms with Gasteiger partial charge in [0.1, 0.15) is 29.5 Å². The number of nitrogens with two attached hydrogens (primary N) is 1. The average molecular weight is 526 g/mol. The van der Waals surface area contributed by atoms with Gasteiger partial charge in [0.2, 0.25) is 0 Å². The molecule has 5 aromatic rings. The van der Waals surface area contributed by atoms with E-state index in [0.717, 1.165) is 16.5 Å². The predicted octanol–water partition coefficient (Wildman–Crippen LogP) is 4.76. The lowest BCUT2D eigenvalue weighted by Crippen LogP contribution is -2.26. The van der Waals surface area contributed by atoms with Gasteiger partial charge in [0.25, 0.3) is 5.56 Å². The van der Waals surface area contributed by atoms with Gasteiger partial charge in [0, 0.05) is 17.5 Å². The van der Waals surface area contributed by atoms with Crippen molar-refractivity contribution >= 4 is 39.7 Å². The molecule has 3 heterocycles. The molecule has 0 fully saturated rings. The van der Waals surface area contributed by atoms with Crippen molar-refractivity contribution in [2.75, 3.05) is 11.1 Å². The van der Waals surface area contributed by atoms with Crippen LogP contribution in [0.1, 0.15) is 27.9 Å². The number of aryl methyl sites for hydroxylation is 2. The molecule has 9 nitrogen and oxygen atoms in total. The van der Waals surface area contributed by atoms with E-state index in [2.05, 4.69) is 20.3 Å². The fourth-order valence-corrected chi connectivity index (χ4v) is 4.55. The Balaban J connectivity index is 1.61. The van der Waals surface area contributed by atoms with Gasteiger partial charge in [0.15, 0.2) is 0 Å². The predicted molar refractivity (Wildman–Crippen MR) is 150 cm³/mol. The highest BCUT2D eigenvalue weighted by molar-refractivity contribution is 6.32. The van der Waals surface area contributed by atoms with Crippen molar-refractivity contribution in [3.63, 3.8) is 0 Å². The van der Waals surface area contributed by atoms with Crippen LogP contribution in [0.15, 0.2) is 71.9 Å². The van der Waals surface area contributed by atoms with Gasteiger partial charge >= 0.3 is 0 Å². The molecule has 0 atom stereocenters. The molecule has 0 saturated carbocycles. The van der Waals surface area contributed by atoms with E-state index in [-0.39, 0.29) is 40.0 Å². The molecule has 5 N–H and O–H groups in total. The number of benzene rings is 2. The van der Waals surface area contributed by atoms with Crippen LogP contribution in [0.25, 0.3) is 16.6 Å². The molecule has 10 heteroatoms. The van der Waals surface area contributed by atoms with Crippen LogP contribution in [0.2, 0.25) is 5.02 Å². The van der Waals surface area contributed by atoms with Crippen LogP contribution < -0.4 is 16.6 Å². The topological polar surface area (TPSA) is 143 Å². The molecule has 0 radical (unpaired) electrons. The molecule has 0 aliphatic rings. The van der Waals surface area contributed by atoms with Crippen LogP contribution >= 0.6 is 11.6 Å². The Morgan fingerprint density at radius 3 is 2.63 bits per heavy atom. The van der Waals surface area contributed by atoms with Gasteiger partial charge in [-0.3, -0.25) is 14.8 Å². The third kappa shape index (κ3) is 4.44. The van der Waals surface area contributed by atoms with Gasteiger partial charge in [0.05, 0.1) is 28.2 Å². The minimum atomic E-state index is -0.175. The van der Waals surface area contributed by atoms with E-state index in [1.54, 1.807) is 16.8 Å². The van der Waals surface area contributed by atoms with Gasteiger partial charge < -0.3 is 16.2 Å². The third-order valence-corrected chi connectivity index (χ3v) is 6.64. The number of nitrogens with one attached hydrogen (secondary N) is 2. The molecule has 0 unspecified atom stereocenters. The monoisotopic (exact) mass is 525 g/mol. The quantitative estimate of drug-likeness (QED) is 0.234. The molecule has 0 saturated heterocycles. The SMILES string of the molecule is Cc1cccnc1-n1c(CNc2ncnc(N)c2C(=N)c2ccc(Cl)c(O)c2)cc2cccc(C)c2c1=O. The van der Waals surface area contributed by atoms with Gasteiger partial charge in [-0.1, -0.05) is 41.9 Å². The first kappa shape index (κ1) is 24.9. The van der Waals surface area contributed by atoms with Crippen molar-refractivity contribution in [1.29, 1.82) is 5.41 Å². The second kappa shape index (κ2) is 9.95. The van der Waals surface area contributed by atoms with Crippen molar-refractivity contribution in [3.05, 3.63) is 110 Å². The zero-order valence-electron chi connectivity index (χ0n) is 20.7. The summed E-state index contributed by atoms with van der Waals surface area (Å²) in [5.74, 6) is 0.776. The Morgan fingerprint density at radius 1 is 1.08 bits per heavy atom. The molecule has 0 spiro atoms. The summed E-state index contributed by atoms with van der Waals surface area (Å²) in [4.78, 5) is 26.7. The first-order valence-electron chi connectivity index (χ1n) is 11.7. The highest BCUT2D eigenvalue weighted by Gasteiger charge is 2.19. The zero-order chi connectivity index (χ0) is 27.0. The molecule has 2 aromatic carbocycles. The van der Waals surface area contributed by atoms with Crippen LogP contribution in [0.3, 0.4) is 0 Å². The number of rotatable bonds is 6. The number of aromatic nitrogens is 4. The van der Waals surface area contributed by atoms with Crippen molar-refractivity contribution in [2.45, 2.75) is 20.4 Å². The minimum Gasteiger partial charge on any atom is -0.506 e. The van der Waals surface area contributed by atoms with E-state index < -0.39 is 0 Å². The molecule has 38 heavy (non-hydrogen) atoms. The van der Waals surface area contributed by atoms with Crippen LogP contribution in [0.5, 0.6) is 5.75 Å². The largest absolute Gasteiger partial charge is 0.506 e. The highest BCUT2D eigenvalue weighted by Crippen LogP contribution is 2.28. The van der Waals surface area contributed by atoms with Crippen molar-refractivity contribution in [3.8, 4) is 11.6 Å². The summed E-state index contributed by atoms with van der Waals surface area (Å²) in [6.45, 7) is 3.99. The summed E-state index contributed by atoms with van der Waals surface area (Å²) in [6, 6.07) is 15.9. The van der Waals surface area contributed by atoms with E-state index in [9.17, 15) is 9.90 Å². The molecule has 5 rings (SSSR count). The van der Waals surface area contributed by atoms with E-state index in [1.165, 1.54) is 18.5 Å². The third-order valence-electron chi connectivity index (χ3n) is 6.32. The number of nitrogens with zero attached hydrogens (tertiary/aromatic N) is 4. The molecule has 0 aliphatic heterocycles. The molecular formula is C28H24ClN7O2. The maximum Gasteiger partial charge on any atom is 0.264 e. The summed E-state index contributed by atoms with van der Waals surface area (Å²) < 4.78 is 1.60. The van der Waals surface area contributed by atoms with Crippen molar-refractivity contribution in [1.82, 2.24) is 19.5 Å². The lowest BCUT2D eigenvalue weighted by Gasteiger charge is -2.18. The Hall–Kier alpha value is -4.76. The fourth-order valence-electron chi connectivity index (χ4n) is 4.43. The van der Waals surface area contributed by atoms with Crippen LogP contribution in [0.4, 0.5) is 11.6 Å². The summed E-state index contributed by atoms with van der Waals surface area (Å²) in [5, 5.41) is 23.6. The van der Waals surface area contributed by atoms with E-state index in [0.29, 0.717) is 28.3 Å². The van der Waals surface area contributed by atoms with Crippen LogP contribution in [-0.4, -0.2) is 30.3 Å². The standard InChI is InChI=1S/C28H24ClN7O2/c1-15-5-3-7-17-11-19(36(28(38)22(15)17)27-16(2)6-4-10-32-27)13-33-26-23(25(31)34-14-35-26)24(30)18-8-9-20(29)21(37)12-18/h3-12,14,30,37H,13H2,1-2H3,(H3,31,33,34,35). The Kier molecular flexibility index (Phi) is 6.52. The number of phenols is 1. The number of hydrogen-bond acceptors (Lipinski definition) is 8. The smallest absolute Gasteiger partial charge is 0.264 e. The maximum atomic E-state index is 13.8. The number of aromatic hydroxyl groups is 1. The van der Waals surface area contributed by atoms with Gasteiger partial charge in [-0.05, 0) is 54.6 Å². The van der Waals surface area contributed by atoms with Gasteiger partial charge in [-0.25, -0.2) is 15.0 Å². The molecular weight excluding hydrogens is 502 g/mol. The number of fused-ring (bicyclic) bond motifs is 1.